The smallest absolute Gasteiger partial charge is 0.375 e. The summed E-state index contributed by atoms with van der Waals surface area (Å²) in [6, 6.07) is 6.26. The van der Waals surface area contributed by atoms with Gasteiger partial charge in [0.25, 0.3) is 0 Å². The standard InChI is InChI=1S/C12H11F3N2S2/c1-8(11-16-6-7-18-11)17-9-4-2-3-5-10(9)19-12(13,14)15/h2-8,17H,1H3. The van der Waals surface area contributed by atoms with Gasteiger partial charge in [-0.1, -0.05) is 12.1 Å². The predicted octanol–water partition coefficient (Wildman–Crippen LogP) is 4.93. The fourth-order valence-corrected chi connectivity index (χ4v) is 2.82. The number of halogens is 3. The molecule has 2 aromatic rings. The molecule has 2 rings (SSSR count). The molecule has 1 heterocycles. The van der Waals surface area contributed by atoms with E-state index in [1.807, 2.05) is 12.3 Å². The van der Waals surface area contributed by atoms with Gasteiger partial charge in [-0.15, -0.1) is 11.3 Å². The van der Waals surface area contributed by atoms with Gasteiger partial charge < -0.3 is 5.32 Å². The molecule has 0 amide bonds. The SMILES string of the molecule is CC(Nc1ccccc1SC(F)(F)F)c1nccs1. The van der Waals surface area contributed by atoms with E-state index in [1.165, 1.54) is 17.4 Å². The third-order valence-electron chi connectivity index (χ3n) is 2.31. The number of aromatic nitrogens is 1. The van der Waals surface area contributed by atoms with Crippen LogP contribution in [-0.2, 0) is 0 Å². The minimum atomic E-state index is -4.29. The van der Waals surface area contributed by atoms with Gasteiger partial charge >= 0.3 is 5.51 Å². The predicted molar refractivity (Wildman–Crippen MR) is 72.5 cm³/mol. The summed E-state index contributed by atoms with van der Waals surface area (Å²) in [5.41, 5.74) is -3.82. The van der Waals surface area contributed by atoms with Gasteiger partial charge in [0.1, 0.15) is 5.01 Å². The Kier molecular flexibility index (Phi) is 4.36. The molecule has 0 aliphatic carbocycles. The maximum Gasteiger partial charge on any atom is 0.446 e. The van der Waals surface area contributed by atoms with Crippen LogP contribution in [0.1, 0.15) is 18.0 Å². The van der Waals surface area contributed by atoms with Crippen LogP contribution < -0.4 is 5.32 Å². The van der Waals surface area contributed by atoms with E-state index >= 15 is 0 Å². The molecule has 1 aromatic heterocycles. The summed E-state index contributed by atoms with van der Waals surface area (Å²) in [6.45, 7) is 1.87. The molecule has 0 saturated carbocycles. The first-order valence-corrected chi connectivity index (χ1v) is 7.16. The number of alkyl halides is 3. The van der Waals surface area contributed by atoms with E-state index in [1.54, 1.807) is 24.4 Å². The first-order valence-electron chi connectivity index (χ1n) is 5.46. The second-order valence-corrected chi connectivity index (χ2v) is 5.81. The molecule has 0 spiro atoms. The number of nitrogens with zero attached hydrogens (tertiary/aromatic N) is 1. The molecule has 1 unspecified atom stereocenters. The molecule has 7 heteroatoms. The monoisotopic (exact) mass is 304 g/mol. The van der Waals surface area contributed by atoms with Crippen LogP contribution in [0.3, 0.4) is 0 Å². The first kappa shape index (κ1) is 14.2. The van der Waals surface area contributed by atoms with Gasteiger partial charge in [0.2, 0.25) is 0 Å². The maximum atomic E-state index is 12.5. The van der Waals surface area contributed by atoms with E-state index in [9.17, 15) is 13.2 Å². The van der Waals surface area contributed by atoms with Crippen LogP contribution in [0, 0.1) is 0 Å². The zero-order valence-electron chi connectivity index (χ0n) is 9.94. The number of benzene rings is 1. The van der Waals surface area contributed by atoms with Gasteiger partial charge in [0.05, 0.1) is 6.04 Å². The maximum absolute atomic E-state index is 12.5. The number of thioether (sulfide) groups is 1. The van der Waals surface area contributed by atoms with Crippen LogP contribution in [0.4, 0.5) is 18.9 Å². The van der Waals surface area contributed by atoms with Crippen LogP contribution in [0.25, 0.3) is 0 Å². The summed E-state index contributed by atoms with van der Waals surface area (Å²) in [5, 5.41) is 5.74. The third kappa shape index (κ3) is 4.14. The lowest BCUT2D eigenvalue weighted by Gasteiger charge is -2.16. The largest absolute Gasteiger partial charge is 0.446 e. The van der Waals surface area contributed by atoms with Gasteiger partial charge in [-0.2, -0.15) is 13.2 Å². The van der Waals surface area contributed by atoms with Crippen LogP contribution in [0.2, 0.25) is 0 Å². The molecule has 0 fully saturated rings. The summed E-state index contributed by atoms with van der Waals surface area (Å²) in [5.74, 6) is 0. The molecular formula is C12H11F3N2S2. The fraction of sp³-hybridized carbons (Fsp3) is 0.250. The van der Waals surface area contributed by atoms with Crippen LogP contribution in [0.5, 0.6) is 0 Å². The van der Waals surface area contributed by atoms with Crippen LogP contribution >= 0.6 is 23.1 Å². The van der Waals surface area contributed by atoms with Crippen molar-refractivity contribution in [3.05, 3.63) is 40.8 Å². The molecule has 0 saturated heterocycles. The highest BCUT2D eigenvalue weighted by atomic mass is 32.2. The molecule has 102 valence electrons. The highest BCUT2D eigenvalue weighted by Gasteiger charge is 2.30. The van der Waals surface area contributed by atoms with Gasteiger partial charge in [0.15, 0.2) is 0 Å². The van der Waals surface area contributed by atoms with E-state index in [-0.39, 0.29) is 22.7 Å². The first-order chi connectivity index (χ1) is 8.96. The zero-order valence-corrected chi connectivity index (χ0v) is 11.6. The zero-order chi connectivity index (χ0) is 13.9. The Hall–Kier alpha value is -1.21. The van der Waals surface area contributed by atoms with Crippen molar-refractivity contribution in [3.63, 3.8) is 0 Å². The molecule has 1 aromatic carbocycles. The van der Waals surface area contributed by atoms with Crippen molar-refractivity contribution in [1.29, 1.82) is 0 Å². The highest BCUT2D eigenvalue weighted by molar-refractivity contribution is 8.00. The van der Waals surface area contributed by atoms with Crippen LogP contribution in [-0.4, -0.2) is 10.5 Å². The average Bonchev–Trinajstić information content (AvgIpc) is 2.83. The van der Waals surface area contributed by atoms with E-state index in [0.717, 1.165) is 5.01 Å². The lowest BCUT2D eigenvalue weighted by atomic mass is 10.2. The van der Waals surface area contributed by atoms with Gasteiger partial charge in [-0.3, -0.25) is 0 Å². The molecule has 0 aliphatic heterocycles. The Balaban J connectivity index is 2.16. The van der Waals surface area contributed by atoms with Gasteiger partial charge in [0, 0.05) is 22.2 Å². The summed E-state index contributed by atoms with van der Waals surface area (Å²) in [7, 11) is 0. The van der Waals surface area contributed by atoms with E-state index in [4.69, 9.17) is 0 Å². The van der Waals surface area contributed by atoms with E-state index < -0.39 is 5.51 Å². The Morgan fingerprint density at radius 2 is 2.05 bits per heavy atom. The molecule has 1 N–H and O–H groups in total. The molecular weight excluding hydrogens is 293 g/mol. The molecule has 1 atom stereocenters. The molecule has 0 bridgehead atoms. The summed E-state index contributed by atoms with van der Waals surface area (Å²) < 4.78 is 37.4. The molecule has 19 heavy (non-hydrogen) atoms. The van der Waals surface area contributed by atoms with Crippen molar-refractivity contribution < 1.29 is 13.2 Å². The van der Waals surface area contributed by atoms with Crippen molar-refractivity contribution in [2.75, 3.05) is 5.32 Å². The van der Waals surface area contributed by atoms with Crippen molar-refractivity contribution in [1.82, 2.24) is 4.98 Å². The van der Waals surface area contributed by atoms with Crippen molar-refractivity contribution in [3.8, 4) is 0 Å². The average molecular weight is 304 g/mol. The van der Waals surface area contributed by atoms with Crippen molar-refractivity contribution in [2.24, 2.45) is 0 Å². The van der Waals surface area contributed by atoms with Gasteiger partial charge in [-0.05, 0) is 30.8 Å². The lowest BCUT2D eigenvalue weighted by Crippen LogP contribution is -2.08. The molecule has 0 aliphatic rings. The minimum Gasteiger partial charge on any atom is -0.375 e. The van der Waals surface area contributed by atoms with Crippen molar-refractivity contribution in [2.45, 2.75) is 23.4 Å². The minimum absolute atomic E-state index is 0.113. The summed E-state index contributed by atoms with van der Waals surface area (Å²) >= 11 is 1.35. The fourth-order valence-electron chi connectivity index (χ4n) is 1.54. The highest BCUT2D eigenvalue weighted by Crippen LogP contribution is 2.41. The Morgan fingerprint density at radius 3 is 2.68 bits per heavy atom. The molecule has 2 nitrogen and oxygen atoms in total. The Bertz CT molecular complexity index is 526. The van der Waals surface area contributed by atoms with Crippen LogP contribution in [0.15, 0.2) is 40.7 Å². The lowest BCUT2D eigenvalue weighted by molar-refractivity contribution is -0.0327. The second kappa shape index (κ2) is 5.83. The number of hydrogen-bond acceptors (Lipinski definition) is 4. The summed E-state index contributed by atoms with van der Waals surface area (Å²) in [4.78, 5) is 4.31. The van der Waals surface area contributed by atoms with Crippen molar-refractivity contribution >= 4 is 28.8 Å². The third-order valence-corrected chi connectivity index (χ3v) is 4.07. The quantitative estimate of drug-likeness (QED) is 0.811. The number of thiazole rings is 1. The normalized spacial score (nSPS) is 13.3. The Morgan fingerprint density at radius 1 is 1.32 bits per heavy atom. The number of nitrogens with one attached hydrogen (secondary N) is 1. The number of hydrogen-bond donors (Lipinski definition) is 1. The second-order valence-electron chi connectivity index (χ2n) is 3.78. The topological polar surface area (TPSA) is 24.9 Å². The molecule has 0 radical (unpaired) electrons. The number of anilines is 1. The number of para-hydroxylation sites is 1. The van der Waals surface area contributed by atoms with Gasteiger partial charge in [-0.25, -0.2) is 4.98 Å². The summed E-state index contributed by atoms with van der Waals surface area (Å²) in [6.07, 6.45) is 1.68. The van der Waals surface area contributed by atoms with E-state index in [2.05, 4.69) is 10.3 Å². The Labute approximate surface area is 117 Å². The number of rotatable bonds is 4. The van der Waals surface area contributed by atoms with E-state index in [0.29, 0.717) is 5.69 Å².